The van der Waals surface area contributed by atoms with E-state index in [-0.39, 0.29) is 11.5 Å². The van der Waals surface area contributed by atoms with E-state index in [1.165, 1.54) is 12.1 Å². The predicted octanol–water partition coefficient (Wildman–Crippen LogP) is 3.46. The van der Waals surface area contributed by atoms with Gasteiger partial charge in [-0.3, -0.25) is 4.79 Å². The van der Waals surface area contributed by atoms with Crippen molar-refractivity contribution in [1.29, 1.82) is 0 Å². The Morgan fingerprint density at radius 3 is 2.94 bits per heavy atom. The zero-order valence-corrected chi connectivity index (χ0v) is 12.0. The smallest absolute Gasteiger partial charge is 0.254 e. The number of nitrogens with one attached hydrogen (secondary N) is 1. The van der Waals surface area contributed by atoms with Crippen LogP contribution in [-0.2, 0) is 0 Å². The van der Waals surface area contributed by atoms with E-state index in [1.807, 2.05) is 0 Å². The first-order chi connectivity index (χ1) is 8.15. The monoisotopic (exact) mass is 319 g/mol. The molecule has 1 N–H and O–H groups in total. The third kappa shape index (κ3) is 5.08. The maximum absolute atomic E-state index is 13.4. The summed E-state index contributed by atoms with van der Waals surface area (Å²) in [6, 6.07) is 4.35. The van der Waals surface area contributed by atoms with Crippen molar-refractivity contribution >= 4 is 33.6 Å². The molecule has 0 atom stereocenters. The third-order valence-corrected chi connectivity index (χ3v) is 3.42. The highest BCUT2D eigenvalue weighted by molar-refractivity contribution is 9.10. The summed E-state index contributed by atoms with van der Waals surface area (Å²) >= 11 is 5.00. The highest BCUT2D eigenvalue weighted by atomic mass is 79.9. The lowest BCUT2D eigenvalue weighted by Gasteiger charge is -2.06. The Morgan fingerprint density at radius 2 is 2.24 bits per heavy atom. The average molecular weight is 320 g/mol. The molecule has 94 valence electrons. The molecule has 17 heavy (non-hydrogen) atoms. The summed E-state index contributed by atoms with van der Waals surface area (Å²) in [4.78, 5) is 11.7. The molecule has 2 nitrogen and oxygen atoms in total. The lowest BCUT2D eigenvalue weighted by molar-refractivity contribution is 0.0949. The summed E-state index contributed by atoms with van der Waals surface area (Å²) in [7, 11) is 0. The predicted molar refractivity (Wildman–Crippen MR) is 74.0 cm³/mol. The maximum Gasteiger partial charge on any atom is 0.254 e. The first-order valence-corrected chi connectivity index (χ1v) is 7.56. The van der Waals surface area contributed by atoms with E-state index in [0.717, 1.165) is 18.6 Å². The molecule has 0 radical (unpaired) electrons. The van der Waals surface area contributed by atoms with Crippen LogP contribution in [0.1, 0.15) is 23.2 Å². The van der Waals surface area contributed by atoms with Crippen LogP contribution < -0.4 is 5.32 Å². The number of thioether (sulfide) groups is 1. The van der Waals surface area contributed by atoms with Crippen molar-refractivity contribution in [3.8, 4) is 0 Å². The second kappa shape index (κ2) is 7.71. The van der Waals surface area contributed by atoms with Gasteiger partial charge in [-0.05, 0) is 43.0 Å². The Hall–Kier alpha value is -0.550. The Morgan fingerprint density at radius 1 is 1.47 bits per heavy atom. The molecule has 1 amide bonds. The van der Waals surface area contributed by atoms with Crippen molar-refractivity contribution in [3.63, 3.8) is 0 Å². The minimum Gasteiger partial charge on any atom is -0.352 e. The van der Waals surface area contributed by atoms with E-state index in [0.29, 0.717) is 11.0 Å². The van der Waals surface area contributed by atoms with Gasteiger partial charge in [0.1, 0.15) is 5.82 Å². The number of hydrogen-bond acceptors (Lipinski definition) is 2. The summed E-state index contributed by atoms with van der Waals surface area (Å²) in [6.45, 7) is 0.589. The molecule has 0 aliphatic carbocycles. The van der Waals surface area contributed by atoms with Crippen LogP contribution in [0.4, 0.5) is 4.39 Å². The molecular weight excluding hydrogens is 305 g/mol. The van der Waals surface area contributed by atoms with Crippen LogP contribution >= 0.6 is 27.7 Å². The number of benzene rings is 1. The second-order valence-electron chi connectivity index (χ2n) is 3.58. The minimum absolute atomic E-state index is 0.0873. The molecule has 5 heteroatoms. The van der Waals surface area contributed by atoms with E-state index in [4.69, 9.17) is 0 Å². The molecule has 1 rings (SSSR count). The van der Waals surface area contributed by atoms with Gasteiger partial charge in [-0.2, -0.15) is 11.8 Å². The van der Waals surface area contributed by atoms with E-state index < -0.39 is 5.82 Å². The zero-order chi connectivity index (χ0) is 12.7. The lowest BCUT2D eigenvalue weighted by atomic mass is 10.2. The minimum atomic E-state index is -0.491. The summed E-state index contributed by atoms with van der Waals surface area (Å²) in [5.74, 6) is 0.240. The normalized spacial score (nSPS) is 10.3. The molecule has 0 aliphatic rings. The molecule has 0 bridgehead atoms. The highest BCUT2D eigenvalue weighted by Crippen LogP contribution is 2.15. The van der Waals surface area contributed by atoms with E-state index in [9.17, 15) is 9.18 Å². The number of carbonyl (C=O) groups excluding carboxylic acids is 1. The molecular formula is C12H15BrFNOS. The van der Waals surface area contributed by atoms with Crippen LogP contribution in [0.15, 0.2) is 22.7 Å². The summed E-state index contributed by atoms with van der Waals surface area (Å²) in [5, 5.41) is 2.72. The summed E-state index contributed by atoms with van der Waals surface area (Å²) < 4.78 is 14.1. The maximum atomic E-state index is 13.4. The number of amides is 1. The fourth-order valence-corrected chi connectivity index (χ4v) is 2.19. The van der Waals surface area contributed by atoms with E-state index in [1.54, 1.807) is 17.8 Å². The van der Waals surface area contributed by atoms with Crippen molar-refractivity contribution in [3.05, 3.63) is 34.1 Å². The van der Waals surface area contributed by atoms with Crippen LogP contribution in [0.25, 0.3) is 0 Å². The quantitative estimate of drug-likeness (QED) is 0.813. The number of unbranched alkanes of at least 4 members (excludes halogenated alkanes) is 1. The van der Waals surface area contributed by atoms with Gasteiger partial charge in [-0.25, -0.2) is 4.39 Å². The largest absolute Gasteiger partial charge is 0.352 e. The number of carbonyl (C=O) groups is 1. The van der Waals surface area contributed by atoms with Gasteiger partial charge in [0.2, 0.25) is 0 Å². The van der Waals surface area contributed by atoms with Gasteiger partial charge >= 0.3 is 0 Å². The van der Waals surface area contributed by atoms with Crippen molar-refractivity contribution in [2.75, 3.05) is 18.6 Å². The van der Waals surface area contributed by atoms with E-state index in [2.05, 4.69) is 27.5 Å². The average Bonchev–Trinajstić information content (AvgIpc) is 2.32. The number of rotatable bonds is 6. The van der Waals surface area contributed by atoms with Crippen LogP contribution in [-0.4, -0.2) is 24.5 Å². The van der Waals surface area contributed by atoms with Crippen LogP contribution in [0.5, 0.6) is 0 Å². The standard InChI is InChI=1S/C12H15BrFNOS/c1-17-7-3-2-6-15-12(16)10-8-9(13)4-5-11(10)14/h4-5,8H,2-3,6-7H2,1H3,(H,15,16). The SMILES string of the molecule is CSCCCCNC(=O)c1cc(Br)ccc1F. The summed E-state index contributed by atoms with van der Waals surface area (Å²) in [5.41, 5.74) is 0.0873. The Bertz CT molecular complexity index is 387. The molecule has 0 aliphatic heterocycles. The molecule has 0 spiro atoms. The Balaban J connectivity index is 2.44. The highest BCUT2D eigenvalue weighted by Gasteiger charge is 2.11. The zero-order valence-electron chi connectivity index (χ0n) is 9.63. The van der Waals surface area contributed by atoms with Crippen LogP contribution in [0, 0.1) is 5.82 Å². The number of halogens is 2. The first kappa shape index (κ1) is 14.5. The lowest BCUT2D eigenvalue weighted by Crippen LogP contribution is -2.25. The third-order valence-electron chi connectivity index (χ3n) is 2.23. The van der Waals surface area contributed by atoms with Gasteiger partial charge in [0, 0.05) is 11.0 Å². The molecule has 0 aromatic heterocycles. The van der Waals surface area contributed by atoms with Crippen molar-refractivity contribution in [2.45, 2.75) is 12.8 Å². The molecule has 1 aromatic rings. The first-order valence-electron chi connectivity index (χ1n) is 5.37. The molecule has 0 saturated heterocycles. The number of hydrogen-bond donors (Lipinski definition) is 1. The van der Waals surface area contributed by atoms with Gasteiger partial charge in [0.25, 0.3) is 5.91 Å². The fourth-order valence-electron chi connectivity index (χ4n) is 1.34. The molecule has 0 saturated carbocycles. The van der Waals surface area contributed by atoms with E-state index >= 15 is 0 Å². The summed E-state index contributed by atoms with van der Waals surface area (Å²) in [6.07, 6.45) is 4.03. The van der Waals surface area contributed by atoms with Crippen molar-refractivity contribution in [1.82, 2.24) is 5.32 Å². The Labute approximate surface area is 113 Å². The Kier molecular flexibility index (Phi) is 6.58. The van der Waals surface area contributed by atoms with Gasteiger partial charge in [-0.15, -0.1) is 0 Å². The molecule has 0 fully saturated rings. The van der Waals surface area contributed by atoms with Gasteiger partial charge in [-0.1, -0.05) is 15.9 Å². The second-order valence-corrected chi connectivity index (χ2v) is 5.48. The molecule has 1 aromatic carbocycles. The van der Waals surface area contributed by atoms with Crippen LogP contribution in [0.2, 0.25) is 0 Å². The van der Waals surface area contributed by atoms with Crippen LogP contribution in [0.3, 0.4) is 0 Å². The fraction of sp³-hybridized carbons (Fsp3) is 0.417. The van der Waals surface area contributed by atoms with Gasteiger partial charge < -0.3 is 5.32 Å². The van der Waals surface area contributed by atoms with Gasteiger partial charge in [0.15, 0.2) is 0 Å². The topological polar surface area (TPSA) is 29.1 Å². The molecule has 0 unspecified atom stereocenters. The molecule has 0 heterocycles. The van der Waals surface area contributed by atoms with Gasteiger partial charge in [0.05, 0.1) is 5.56 Å². The van der Waals surface area contributed by atoms with Crippen molar-refractivity contribution in [2.24, 2.45) is 0 Å². The van der Waals surface area contributed by atoms with Crippen molar-refractivity contribution < 1.29 is 9.18 Å².